The molecule has 4 aromatic rings. The van der Waals surface area contributed by atoms with Gasteiger partial charge >= 0.3 is 0 Å². The number of halogens is 1. The van der Waals surface area contributed by atoms with Crippen LogP contribution in [0, 0.1) is 0 Å². The Kier molecular flexibility index (Phi) is 7.58. The van der Waals surface area contributed by atoms with E-state index in [-0.39, 0.29) is 15.9 Å². The lowest BCUT2D eigenvalue weighted by atomic mass is 9.89. The summed E-state index contributed by atoms with van der Waals surface area (Å²) < 4.78 is 34.5. The minimum absolute atomic E-state index is 0.184. The van der Waals surface area contributed by atoms with E-state index >= 15 is 0 Å². The molecular formula is C25H26IN5O3S2. The number of carbonyl (C=O) groups is 1. The van der Waals surface area contributed by atoms with Crippen molar-refractivity contribution in [3.05, 3.63) is 72.2 Å². The van der Waals surface area contributed by atoms with Gasteiger partial charge in [-0.25, -0.2) is 13.4 Å². The van der Waals surface area contributed by atoms with Crippen molar-refractivity contribution in [3.63, 3.8) is 0 Å². The molecular weight excluding hydrogens is 609 g/mol. The average Bonchev–Trinajstić information content (AvgIpc) is 3.56. The van der Waals surface area contributed by atoms with Crippen molar-refractivity contribution in [1.29, 1.82) is 0 Å². The van der Waals surface area contributed by atoms with Crippen LogP contribution >= 0.6 is 34.1 Å². The van der Waals surface area contributed by atoms with Gasteiger partial charge in [0.05, 0.1) is 4.90 Å². The second kappa shape index (κ2) is 10.9. The highest BCUT2D eigenvalue weighted by atomic mass is 127. The summed E-state index contributed by atoms with van der Waals surface area (Å²) in [6.07, 6.45) is 5.59. The van der Waals surface area contributed by atoms with Crippen LogP contribution in [0.15, 0.2) is 66.0 Å². The third-order valence-electron chi connectivity index (χ3n) is 6.65. The molecule has 1 fully saturated rings. The van der Waals surface area contributed by atoms with Crippen molar-refractivity contribution < 1.29 is 13.2 Å². The number of carbonyl (C=O) groups excluding carboxylic acids is 1. The zero-order valence-electron chi connectivity index (χ0n) is 19.5. The summed E-state index contributed by atoms with van der Waals surface area (Å²) >= 11 is 3.36. The lowest BCUT2D eigenvalue weighted by molar-refractivity contribution is -0.132. The quantitative estimate of drug-likeness (QED) is 0.217. The van der Waals surface area contributed by atoms with E-state index in [2.05, 4.69) is 71.7 Å². The van der Waals surface area contributed by atoms with Crippen molar-refractivity contribution in [2.75, 3.05) is 17.8 Å². The molecule has 0 spiro atoms. The third-order valence-corrected chi connectivity index (χ3v) is 9.59. The molecule has 188 valence electrons. The van der Waals surface area contributed by atoms with E-state index in [0.717, 1.165) is 34.4 Å². The number of likely N-dealkylation sites (tertiary alicyclic amines) is 1. The summed E-state index contributed by atoms with van der Waals surface area (Å²) in [7, 11) is -3.69. The van der Waals surface area contributed by atoms with Crippen LogP contribution in [0.3, 0.4) is 0 Å². The van der Waals surface area contributed by atoms with Crippen LogP contribution in [-0.4, -0.2) is 46.2 Å². The molecule has 1 N–H and O–H groups in total. The lowest BCUT2D eigenvalue weighted by Crippen LogP contribution is -2.38. The lowest BCUT2D eigenvalue weighted by Gasteiger charge is -2.32. The fraction of sp³-hybridized carbons (Fsp3) is 0.320. The number of nitrogens with one attached hydrogen (secondary N) is 1. The number of benzene rings is 2. The molecule has 1 saturated heterocycles. The van der Waals surface area contributed by atoms with E-state index in [1.807, 2.05) is 17.0 Å². The number of aromatic nitrogens is 3. The number of anilines is 1. The molecule has 11 heteroatoms. The Morgan fingerprint density at radius 2 is 1.89 bits per heavy atom. The Morgan fingerprint density at radius 3 is 2.58 bits per heavy atom. The topological polar surface area (TPSA) is 97.2 Å². The maximum atomic E-state index is 12.9. The van der Waals surface area contributed by atoms with Gasteiger partial charge in [0.1, 0.15) is 6.33 Å². The monoisotopic (exact) mass is 635 g/mol. The zero-order chi connectivity index (χ0) is 25.1. The van der Waals surface area contributed by atoms with Crippen molar-refractivity contribution in [2.45, 2.75) is 41.0 Å². The molecule has 0 atom stereocenters. The summed E-state index contributed by atoms with van der Waals surface area (Å²) in [5.41, 5.74) is 3.57. The molecule has 8 nitrogen and oxygen atoms in total. The molecule has 0 saturated carbocycles. The highest BCUT2D eigenvalue weighted by Gasteiger charge is 2.24. The molecule has 2 aromatic carbocycles. The van der Waals surface area contributed by atoms with E-state index in [9.17, 15) is 13.2 Å². The predicted molar refractivity (Wildman–Crippen MR) is 150 cm³/mol. The van der Waals surface area contributed by atoms with E-state index < -0.39 is 10.0 Å². The largest absolute Gasteiger partial charge is 0.347 e. The number of amides is 1. The number of rotatable bonds is 8. The molecule has 5 rings (SSSR count). The van der Waals surface area contributed by atoms with Crippen LogP contribution in [0.1, 0.15) is 36.3 Å². The highest BCUT2D eigenvalue weighted by Crippen LogP contribution is 2.29. The zero-order valence-corrected chi connectivity index (χ0v) is 23.3. The summed E-state index contributed by atoms with van der Waals surface area (Å²) in [4.78, 5) is 18.9. The van der Waals surface area contributed by atoms with Gasteiger partial charge in [0, 0.05) is 53.7 Å². The normalized spacial score (nSPS) is 14.9. The SMILES string of the molecule is O=C(CCn1ccc2cc(CI)ccc21)N1CCC(c2ccc(S(=O)(=O)Nc3ncns3)cc2)CC1. The highest BCUT2D eigenvalue weighted by molar-refractivity contribution is 14.1. The van der Waals surface area contributed by atoms with Gasteiger partial charge in [-0.05, 0) is 65.6 Å². The number of aryl methyl sites for hydroxylation is 1. The first kappa shape index (κ1) is 25.2. The number of alkyl halides is 1. The molecule has 36 heavy (non-hydrogen) atoms. The smallest absolute Gasteiger partial charge is 0.263 e. The summed E-state index contributed by atoms with van der Waals surface area (Å²) in [5, 5.41) is 1.46. The van der Waals surface area contributed by atoms with Crippen LogP contribution < -0.4 is 4.72 Å². The van der Waals surface area contributed by atoms with Crippen LogP contribution in [0.25, 0.3) is 10.9 Å². The summed E-state index contributed by atoms with van der Waals surface area (Å²) in [5.74, 6) is 0.491. The number of hydrogen-bond acceptors (Lipinski definition) is 6. The molecule has 0 aliphatic carbocycles. The molecule has 0 radical (unpaired) electrons. The second-order valence-electron chi connectivity index (χ2n) is 8.86. The molecule has 2 aromatic heterocycles. The maximum absolute atomic E-state index is 12.9. The molecule has 3 heterocycles. The first-order chi connectivity index (χ1) is 17.4. The van der Waals surface area contributed by atoms with Crippen LogP contribution in [0.2, 0.25) is 0 Å². The van der Waals surface area contributed by atoms with E-state index in [4.69, 9.17) is 0 Å². The number of piperidine rings is 1. The van der Waals surface area contributed by atoms with E-state index in [1.54, 1.807) is 12.1 Å². The third kappa shape index (κ3) is 5.57. The number of sulfonamides is 1. The number of nitrogens with zero attached hydrogens (tertiary/aromatic N) is 4. The van der Waals surface area contributed by atoms with Gasteiger partial charge in [0.25, 0.3) is 10.0 Å². The van der Waals surface area contributed by atoms with Crippen molar-refractivity contribution in [2.24, 2.45) is 0 Å². The fourth-order valence-corrected chi connectivity index (χ4v) is 6.81. The molecule has 0 unspecified atom stereocenters. The van der Waals surface area contributed by atoms with Gasteiger partial charge in [0.15, 0.2) is 0 Å². The minimum atomic E-state index is -3.69. The van der Waals surface area contributed by atoms with Crippen molar-refractivity contribution in [1.82, 2.24) is 18.8 Å². The van der Waals surface area contributed by atoms with Crippen molar-refractivity contribution in [3.8, 4) is 0 Å². The first-order valence-electron chi connectivity index (χ1n) is 11.7. The van der Waals surface area contributed by atoms with Crippen LogP contribution in [0.4, 0.5) is 5.13 Å². The van der Waals surface area contributed by atoms with Crippen molar-refractivity contribution >= 4 is 66.1 Å². The Labute approximate surface area is 228 Å². The Hall–Kier alpha value is -2.51. The van der Waals surface area contributed by atoms with Gasteiger partial charge in [-0.3, -0.25) is 9.52 Å². The molecule has 0 bridgehead atoms. The van der Waals surface area contributed by atoms with E-state index in [0.29, 0.717) is 32.0 Å². The summed E-state index contributed by atoms with van der Waals surface area (Å²) in [6, 6.07) is 15.6. The first-order valence-corrected chi connectivity index (χ1v) is 15.5. The Morgan fingerprint density at radius 1 is 1.11 bits per heavy atom. The van der Waals surface area contributed by atoms with Gasteiger partial charge in [-0.1, -0.05) is 40.8 Å². The van der Waals surface area contributed by atoms with E-state index in [1.165, 1.54) is 22.8 Å². The molecule has 1 aliphatic rings. The van der Waals surface area contributed by atoms with Crippen LogP contribution in [-0.2, 0) is 25.8 Å². The Balaban J connectivity index is 1.14. The fourth-order valence-electron chi connectivity index (χ4n) is 4.68. The molecule has 1 aliphatic heterocycles. The van der Waals surface area contributed by atoms with Crippen LogP contribution in [0.5, 0.6) is 0 Å². The second-order valence-corrected chi connectivity index (χ2v) is 12.1. The van der Waals surface area contributed by atoms with Gasteiger partial charge in [0.2, 0.25) is 11.0 Å². The van der Waals surface area contributed by atoms with Gasteiger partial charge in [-0.15, -0.1) is 0 Å². The van der Waals surface area contributed by atoms with Gasteiger partial charge in [-0.2, -0.15) is 4.37 Å². The predicted octanol–water partition coefficient (Wildman–Crippen LogP) is 5.02. The number of fused-ring (bicyclic) bond motifs is 1. The number of hydrogen-bond donors (Lipinski definition) is 1. The standard InChI is InChI=1S/C25H26IN5O3S2/c26-16-18-1-6-23-21(15-18)9-11-30(23)14-10-24(32)31-12-7-20(8-13-31)19-2-4-22(5-3-19)36(33,34)29-25-27-17-28-35-25/h1-6,9,11,15,17,20H,7-8,10,12-14,16H2,(H,27,28,29). The summed E-state index contributed by atoms with van der Waals surface area (Å²) in [6.45, 7) is 2.11. The van der Waals surface area contributed by atoms with Gasteiger partial charge < -0.3 is 9.47 Å². The molecule has 1 amide bonds. The average molecular weight is 636 g/mol. The minimum Gasteiger partial charge on any atom is -0.347 e. The maximum Gasteiger partial charge on any atom is 0.263 e. The Bertz CT molecular complexity index is 1440.